The molecule has 0 spiro atoms. The van der Waals surface area contributed by atoms with Crippen molar-refractivity contribution in [3.8, 4) is 5.75 Å². The molecule has 5 rings (SSSR count). The SMILES string of the molecule is COc1cccc(NC(=O)Nc2ccc3c(c2)c(C(N)=O)nn3C2CC3CCC(C2)N3C)c1. The number of primary amides is 1. The summed E-state index contributed by atoms with van der Waals surface area (Å²) >= 11 is 0. The Bertz CT molecular complexity index is 1210. The largest absolute Gasteiger partial charge is 0.497 e. The second kappa shape index (κ2) is 8.40. The number of piperidine rings is 1. The average molecular weight is 449 g/mol. The van der Waals surface area contributed by atoms with Gasteiger partial charge in [-0.15, -0.1) is 0 Å². The third-order valence-corrected chi connectivity index (χ3v) is 6.94. The number of amides is 3. The lowest BCUT2D eigenvalue weighted by molar-refractivity contribution is 0.0993. The summed E-state index contributed by atoms with van der Waals surface area (Å²) in [7, 11) is 3.77. The van der Waals surface area contributed by atoms with Gasteiger partial charge in [0.2, 0.25) is 0 Å². The van der Waals surface area contributed by atoms with Gasteiger partial charge in [-0.1, -0.05) is 6.07 Å². The van der Waals surface area contributed by atoms with Gasteiger partial charge in [0.25, 0.3) is 5.91 Å². The molecule has 2 aliphatic rings. The van der Waals surface area contributed by atoms with Crippen molar-refractivity contribution in [3.05, 3.63) is 48.2 Å². The molecule has 9 nitrogen and oxygen atoms in total. The molecule has 0 saturated carbocycles. The van der Waals surface area contributed by atoms with Gasteiger partial charge >= 0.3 is 6.03 Å². The maximum absolute atomic E-state index is 12.5. The summed E-state index contributed by atoms with van der Waals surface area (Å²) in [6.07, 6.45) is 4.42. The van der Waals surface area contributed by atoms with Crippen LogP contribution in [0.2, 0.25) is 0 Å². The fraction of sp³-hybridized carbons (Fsp3) is 0.375. The van der Waals surface area contributed by atoms with E-state index < -0.39 is 11.9 Å². The Hall–Kier alpha value is -3.59. The van der Waals surface area contributed by atoms with Gasteiger partial charge in [-0.3, -0.25) is 9.48 Å². The number of carbonyl (C=O) groups is 2. The van der Waals surface area contributed by atoms with Gasteiger partial charge in [-0.25, -0.2) is 4.79 Å². The van der Waals surface area contributed by atoms with Crippen LogP contribution in [0.4, 0.5) is 16.2 Å². The van der Waals surface area contributed by atoms with Crippen LogP contribution in [0, 0.1) is 0 Å². The first-order chi connectivity index (χ1) is 15.9. The molecule has 0 radical (unpaired) electrons. The van der Waals surface area contributed by atoms with Crippen molar-refractivity contribution in [2.75, 3.05) is 24.8 Å². The van der Waals surface area contributed by atoms with E-state index in [0.717, 1.165) is 18.4 Å². The van der Waals surface area contributed by atoms with Crippen LogP contribution in [0.15, 0.2) is 42.5 Å². The maximum atomic E-state index is 12.5. The number of rotatable bonds is 5. The Morgan fingerprint density at radius 3 is 2.39 bits per heavy atom. The highest BCUT2D eigenvalue weighted by atomic mass is 16.5. The molecule has 172 valence electrons. The number of nitrogens with zero attached hydrogens (tertiary/aromatic N) is 3. The van der Waals surface area contributed by atoms with Crippen molar-refractivity contribution in [1.29, 1.82) is 0 Å². The summed E-state index contributed by atoms with van der Waals surface area (Å²) in [6, 6.07) is 13.5. The highest BCUT2D eigenvalue weighted by Crippen LogP contribution is 2.41. The summed E-state index contributed by atoms with van der Waals surface area (Å²) in [4.78, 5) is 27.2. The first-order valence-corrected chi connectivity index (χ1v) is 11.2. The molecule has 2 aliphatic heterocycles. The van der Waals surface area contributed by atoms with Crippen LogP contribution in [-0.4, -0.2) is 52.9 Å². The minimum Gasteiger partial charge on any atom is -0.497 e. The van der Waals surface area contributed by atoms with Crippen LogP contribution in [-0.2, 0) is 0 Å². The van der Waals surface area contributed by atoms with Gasteiger partial charge in [-0.2, -0.15) is 5.10 Å². The number of benzene rings is 2. The summed E-state index contributed by atoms with van der Waals surface area (Å²) in [5.41, 5.74) is 7.90. The number of hydrogen-bond acceptors (Lipinski definition) is 5. The number of methoxy groups -OCH3 is 1. The van der Waals surface area contributed by atoms with E-state index in [9.17, 15) is 9.59 Å². The number of hydrogen-bond donors (Lipinski definition) is 3. The Morgan fingerprint density at radius 1 is 1.03 bits per heavy atom. The van der Waals surface area contributed by atoms with Crippen LogP contribution in [0.1, 0.15) is 42.2 Å². The molecule has 4 N–H and O–H groups in total. The van der Waals surface area contributed by atoms with Gasteiger partial charge in [0.1, 0.15) is 5.75 Å². The zero-order valence-corrected chi connectivity index (χ0v) is 18.7. The number of nitrogens with two attached hydrogens (primary N) is 1. The second-order valence-electron chi connectivity index (χ2n) is 8.88. The number of urea groups is 1. The molecule has 0 aliphatic carbocycles. The lowest BCUT2D eigenvalue weighted by Crippen LogP contribution is -2.40. The van der Waals surface area contributed by atoms with E-state index >= 15 is 0 Å². The van der Waals surface area contributed by atoms with Crippen LogP contribution in [0.25, 0.3) is 10.9 Å². The zero-order chi connectivity index (χ0) is 23.1. The summed E-state index contributed by atoms with van der Waals surface area (Å²) in [5.74, 6) is 0.0720. The van der Waals surface area contributed by atoms with E-state index in [-0.39, 0.29) is 11.7 Å². The van der Waals surface area contributed by atoms with Crippen molar-refractivity contribution in [1.82, 2.24) is 14.7 Å². The fourth-order valence-corrected chi connectivity index (χ4v) is 5.26. The number of nitrogens with one attached hydrogen (secondary N) is 2. The minimum atomic E-state index is -0.576. The highest BCUT2D eigenvalue weighted by Gasteiger charge is 2.40. The van der Waals surface area contributed by atoms with E-state index in [0.29, 0.717) is 34.6 Å². The molecule has 33 heavy (non-hydrogen) atoms. The van der Waals surface area contributed by atoms with E-state index in [4.69, 9.17) is 10.5 Å². The lowest BCUT2D eigenvalue weighted by Gasteiger charge is -2.36. The third kappa shape index (κ3) is 4.00. The van der Waals surface area contributed by atoms with Crippen molar-refractivity contribution in [2.24, 2.45) is 5.73 Å². The van der Waals surface area contributed by atoms with Gasteiger partial charge < -0.3 is 26.0 Å². The summed E-state index contributed by atoms with van der Waals surface area (Å²) < 4.78 is 7.15. The predicted molar refractivity (Wildman–Crippen MR) is 127 cm³/mol. The van der Waals surface area contributed by atoms with Gasteiger partial charge in [-0.05, 0) is 63.1 Å². The third-order valence-electron chi connectivity index (χ3n) is 6.94. The van der Waals surface area contributed by atoms with Gasteiger partial charge in [0, 0.05) is 34.9 Å². The molecule has 2 saturated heterocycles. The molecule has 1 aromatic heterocycles. The number of ether oxygens (including phenoxy) is 1. The number of fused-ring (bicyclic) bond motifs is 3. The van der Waals surface area contributed by atoms with Crippen molar-refractivity contribution < 1.29 is 14.3 Å². The van der Waals surface area contributed by atoms with Crippen molar-refractivity contribution >= 4 is 34.2 Å². The Morgan fingerprint density at radius 2 is 1.73 bits per heavy atom. The average Bonchev–Trinajstić information content (AvgIpc) is 3.25. The monoisotopic (exact) mass is 448 g/mol. The zero-order valence-electron chi connectivity index (χ0n) is 18.7. The first-order valence-electron chi connectivity index (χ1n) is 11.2. The van der Waals surface area contributed by atoms with E-state index in [1.54, 1.807) is 37.4 Å². The fourth-order valence-electron chi connectivity index (χ4n) is 5.26. The molecule has 3 amide bonds. The van der Waals surface area contributed by atoms with Crippen LogP contribution in [0.3, 0.4) is 0 Å². The topological polar surface area (TPSA) is 115 Å². The Labute approximate surface area is 191 Å². The summed E-state index contributed by atoms with van der Waals surface area (Å²) in [5, 5.41) is 10.9. The van der Waals surface area contributed by atoms with Crippen LogP contribution >= 0.6 is 0 Å². The molecule has 2 atom stereocenters. The van der Waals surface area contributed by atoms with Gasteiger partial charge in [0.05, 0.1) is 18.7 Å². The van der Waals surface area contributed by atoms with Crippen molar-refractivity contribution in [2.45, 2.75) is 43.8 Å². The molecule has 2 fully saturated rings. The lowest BCUT2D eigenvalue weighted by atomic mass is 9.98. The number of aromatic nitrogens is 2. The Kier molecular flexibility index (Phi) is 5.41. The molecule has 3 aromatic rings. The van der Waals surface area contributed by atoms with E-state index in [1.807, 2.05) is 16.8 Å². The molecule has 2 aromatic carbocycles. The highest BCUT2D eigenvalue weighted by molar-refractivity contribution is 6.06. The normalized spacial score (nSPS) is 22.3. The number of anilines is 2. The molecule has 2 unspecified atom stereocenters. The smallest absolute Gasteiger partial charge is 0.323 e. The van der Waals surface area contributed by atoms with E-state index in [1.165, 1.54) is 12.8 Å². The molecule has 2 bridgehead atoms. The van der Waals surface area contributed by atoms with Gasteiger partial charge in [0.15, 0.2) is 5.69 Å². The van der Waals surface area contributed by atoms with E-state index in [2.05, 4.69) is 27.7 Å². The first kappa shape index (κ1) is 21.3. The predicted octanol–water partition coefficient (Wildman–Crippen LogP) is 3.59. The summed E-state index contributed by atoms with van der Waals surface area (Å²) in [6.45, 7) is 0. The Balaban J connectivity index is 1.40. The molecule has 3 heterocycles. The number of carbonyl (C=O) groups excluding carboxylic acids is 2. The molecule has 9 heteroatoms. The second-order valence-corrected chi connectivity index (χ2v) is 8.88. The standard InChI is InChI=1S/C24H28N6O3/c1-29-16-7-8-17(29)13-18(12-16)30-21-9-6-15(11-20(21)22(28-30)23(25)31)27-24(32)26-14-4-3-5-19(10-14)33-2/h3-6,9-11,16-18H,7-8,12-13H2,1-2H3,(H2,25,31)(H2,26,27,32). The quantitative estimate of drug-likeness (QED) is 0.552. The van der Waals surface area contributed by atoms with Crippen LogP contribution in [0.5, 0.6) is 5.75 Å². The molecular weight excluding hydrogens is 420 g/mol. The van der Waals surface area contributed by atoms with Crippen LogP contribution < -0.4 is 21.1 Å². The minimum absolute atomic E-state index is 0.226. The molecular formula is C24H28N6O3. The van der Waals surface area contributed by atoms with Crippen molar-refractivity contribution in [3.63, 3.8) is 0 Å². The maximum Gasteiger partial charge on any atom is 0.323 e.